The minimum Gasteiger partial charge on any atom is -0.493 e. The predicted octanol–water partition coefficient (Wildman–Crippen LogP) is 2.25. The van der Waals surface area contributed by atoms with Gasteiger partial charge in [-0.15, -0.1) is 0 Å². The van der Waals surface area contributed by atoms with Crippen molar-refractivity contribution in [2.24, 2.45) is 10.5 Å². The van der Waals surface area contributed by atoms with Gasteiger partial charge in [0, 0.05) is 33.0 Å². The Morgan fingerprint density at radius 3 is 2.75 bits per heavy atom. The number of nitrogens with zero attached hydrogens (tertiary/aromatic N) is 4. The summed E-state index contributed by atoms with van der Waals surface area (Å²) in [7, 11) is 1.61. The molecule has 36 heavy (non-hydrogen) atoms. The van der Waals surface area contributed by atoms with Crippen LogP contribution in [0.2, 0.25) is 0 Å². The van der Waals surface area contributed by atoms with Gasteiger partial charge in [0.1, 0.15) is 17.2 Å². The van der Waals surface area contributed by atoms with E-state index in [2.05, 4.69) is 10.4 Å². The van der Waals surface area contributed by atoms with E-state index in [1.807, 2.05) is 36.4 Å². The van der Waals surface area contributed by atoms with Crippen LogP contribution in [0.5, 0.6) is 5.75 Å². The summed E-state index contributed by atoms with van der Waals surface area (Å²) in [5.41, 5.74) is 1.15. The standard InChI is InChI=1S/C26H27N5O5/c1-30-24(33)26(15-18-6-3-2-4-7-18)17-31(12-10-22(26)29-30)23(32)21(28-25(34)35)11-13-36-20-9-5-8-19(14-20)16-27/h2-9,14,21,28H,10-13,15,17H2,1H3,(H,34,35)/t21-,26-/m1/s1. The molecule has 10 nitrogen and oxygen atoms in total. The van der Waals surface area contributed by atoms with Gasteiger partial charge in [0.15, 0.2) is 0 Å². The second-order valence-corrected chi connectivity index (χ2v) is 8.91. The normalized spacial score (nSPS) is 19.7. The Kier molecular flexibility index (Phi) is 7.20. The molecule has 3 amide bonds. The Balaban J connectivity index is 1.50. The lowest BCUT2D eigenvalue weighted by Crippen LogP contribution is -2.59. The smallest absolute Gasteiger partial charge is 0.405 e. The molecule has 2 aromatic rings. The van der Waals surface area contributed by atoms with Crippen LogP contribution in [0.15, 0.2) is 59.7 Å². The zero-order chi connectivity index (χ0) is 25.7. The van der Waals surface area contributed by atoms with Gasteiger partial charge in [0.25, 0.3) is 5.91 Å². The number of carbonyl (C=O) groups is 3. The van der Waals surface area contributed by atoms with Crippen LogP contribution in [0.4, 0.5) is 4.79 Å². The zero-order valence-corrected chi connectivity index (χ0v) is 19.9. The molecule has 2 aliphatic heterocycles. The molecule has 0 aromatic heterocycles. The van der Waals surface area contributed by atoms with Crippen LogP contribution in [-0.2, 0) is 16.0 Å². The fourth-order valence-electron chi connectivity index (χ4n) is 4.79. The van der Waals surface area contributed by atoms with Crippen LogP contribution < -0.4 is 10.1 Å². The number of amides is 3. The quantitative estimate of drug-likeness (QED) is 0.584. The van der Waals surface area contributed by atoms with Crippen LogP contribution >= 0.6 is 0 Å². The lowest BCUT2D eigenvalue weighted by Gasteiger charge is -2.40. The van der Waals surface area contributed by atoms with Crippen molar-refractivity contribution in [3.63, 3.8) is 0 Å². The molecule has 0 radical (unpaired) electrons. The van der Waals surface area contributed by atoms with Gasteiger partial charge in [-0.1, -0.05) is 36.4 Å². The van der Waals surface area contributed by atoms with Crippen LogP contribution in [0.3, 0.4) is 0 Å². The van der Waals surface area contributed by atoms with E-state index in [0.717, 1.165) is 11.3 Å². The van der Waals surface area contributed by atoms with Gasteiger partial charge >= 0.3 is 6.09 Å². The summed E-state index contributed by atoms with van der Waals surface area (Å²) in [6.45, 7) is 0.507. The van der Waals surface area contributed by atoms with Crippen molar-refractivity contribution in [2.75, 3.05) is 26.7 Å². The number of hydrogen-bond donors (Lipinski definition) is 2. The van der Waals surface area contributed by atoms with Crippen molar-refractivity contribution in [3.05, 3.63) is 65.7 Å². The minimum absolute atomic E-state index is 0.0585. The fourth-order valence-corrected chi connectivity index (χ4v) is 4.79. The van der Waals surface area contributed by atoms with Crippen molar-refractivity contribution >= 4 is 23.6 Å². The number of carboxylic acid groups (broad SMARTS) is 1. The zero-order valence-electron chi connectivity index (χ0n) is 19.9. The number of rotatable bonds is 8. The maximum absolute atomic E-state index is 13.5. The van der Waals surface area contributed by atoms with E-state index in [0.29, 0.717) is 30.7 Å². The molecule has 0 unspecified atom stereocenters. The highest BCUT2D eigenvalue weighted by atomic mass is 16.5. The SMILES string of the molecule is CN1N=C2CCN(C(=O)[C@@H](CCOc3cccc(C#N)c3)NC(=O)O)C[C@@]2(Cc2ccccc2)C1=O. The van der Waals surface area contributed by atoms with Gasteiger partial charge in [-0.05, 0) is 30.2 Å². The molecule has 0 saturated carbocycles. The molecule has 10 heteroatoms. The highest BCUT2D eigenvalue weighted by molar-refractivity contribution is 6.13. The van der Waals surface area contributed by atoms with E-state index >= 15 is 0 Å². The number of hydrogen-bond acceptors (Lipinski definition) is 6. The summed E-state index contributed by atoms with van der Waals surface area (Å²) >= 11 is 0. The third-order valence-electron chi connectivity index (χ3n) is 6.50. The molecule has 1 saturated heterocycles. The van der Waals surface area contributed by atoms with Crippen molar-refractivity contribution in [3.8, 4) is 11.8 Å². The summed E-state index contributed by atoms with van der Waals surface area (Å²) in [5, 5.41) is 26.5. The third-order valence-corrected chi connectivity index (χ3v) is 6.50. The summed E-state index contributed by atoms with van der Waals surface area (Å²) in [4.78, 5) is 39.8. The Labute approximate surface area is 208 Å². The number of piperidine rings is 1. The number of nitriles is 1. The van der Waals surface area contributed by atoms with Crippen molar-refractivity contribution in [1.82, 2.24) is 15.2 Å². The maximum atomic E-state index is 13.5. The number of likely N-dealkylation sites (tertiary alicyclic amines) is 1. The molecule has 0 aliphatic carbocycles. The molecule has 0 bridgehead atoms. The van der Waals surface area contributed by atoms with Gasteiger partial charge in [0.05, 0.1) is 24.0 Å². The van der Waals surface area contributed by atoms with Crippen LogP contribution in [0, 0.1) is 16.7 Å². The molecule has 1 fully saturated rings. The molecule has 2 aromatic carbocycles. The van der Waals surface area contributed by atoms with E-state index in [4.69, 9.17) is 10.00 Å². The Bertz CT molecular complexity index is 1220. The van der Waals surface area contributed by atoms with Gasteiger partial charge in [0.2, 0.25) is 5.91 Å². The van der Waals surface area contributed by atoms with Gasteiger partial charge in [-0.2, -0.15) is 10.4 Å². The summed E-state index contributed by atoms with van der Waals surface area (Å²) < 4.78 is 5.66. The third kappa shape index (κ3) is 5.15. The molecule has 186 valence electrons. The molecule has 2 heterocycles. The lowest BCUT2D eigenvalue weighted by atomic mass is 9.73. The van der Waals surface area contributed by atoms with Crippen LogP contribution in [-0.4, -0.2) is 71.4 Å². The summed E-state index contributed by atoms with van der Waals surface area (Å²) in [5.74, 6) is -0.140. The van der Waals surface area contributed by atoms with E-state index in [-0.39, 0.29) is 25.5 Å². The lowest BCUT2D eigenvalue weighted by molar-refractivity contribution is -0.140. The molecular formula is C26H27N5O5. The van der Waals surface area contributed by atoms with Gasteiger partial charge in [-0.25, -0.2) is 9.80 Å². The van der Waals surface area contributed by atoms with Crippen molar-refractivity contribution in [2.45, 2.75) is 25.3 Å². The first-order chi connectivity index (χ1) is 17.3. The van der Waals surface area contributed by atoms with Gasteiger partial charge in [-0.3, -0.25) is 9.59 Å². The Morgan fingerprint density at radius 2 is 2.03 bits per heavy atom. The second-order valence-electron chi connectivity index (χ2n) is 8.91. The van der Waals surface area contributed by atoms with E-state index in [1.54, 1.807) is 36.2 Å². The largest absolute Gasteiger partial charge is 0.493 e. The molecule has 2 atom stereocenters. The number of benzene rings is 2. The van der Waals surface area contributed by atoms with E-state index in [1.165, 1.54) is 5.01 Å². The predicted molar refractivity (Wildman–Crippen MR) is 130 cm³/mol. The van der Waals surface area contributed by atoms with Crippen LogP contribution in [0.25, 0.3) is 0 Å². The second kappa shape index (κ2) is 10.5. The summed E-state index contributed by atoms with van der Waals surface area (Å²) in [6, 6.07) is 17.1. The highest BCUT2D eigenvalue weighted by Gasteiger charge is 2.53. The molecular weight excluding hydrogens is 462 g/mol. The minimum atomic E-state index is -1.32. The van der Waals surface area contributed by atoms with E-state index < -0.39 is 23.5 Å². The molecule has 4 rings (SSSR count). The summed E-state index contributed by atoms with van der Waals surface area (Å²) in [6.07, 6.45) is -0.422. The first kappa shape index (κ1) is 24.7. The number of hydrazone groups is 1. The molecule has 0 spiro atoms. The van der Waals surface area contributed by atoms with Crippen molar-refractivity contribution < 1.29 is 24.2 Å². The number of nitrogens with one attached hydrogen (secondary N) is 1. The van der Waals surface area contributed by atoms with E-state index in [9.17, 15) is 19.5 Å². The number of carbonyl (C=O) groups excluding carboxylic acids is 2. The Morgan fingerprint density at radius 1 is 1.25 bits per heavy atom. The maximum Gasteiger partial charge on any atom is 0.405 e. The number of ether oxygens (including phenoxy) is 1. The average molecular weight is 490 g/mol. The molecule has 2 N–H and O–H groups in total. The monoisotopic (exact) mass is 489 g/mol. The first-order valence-corrected chi connectivity index (χ1v) is 11.6. The first-order valence-electron chi connectivity index (χ1n) is 11.6. The topological polar surface area (TPSA) is 135 Å². The fraction of sp³-hybridized carbons (Fsp3) is 0.346. The highest BCUT2D eigenvalue weighted by Crippen LogP contribution is 2.38. The van der Waals surface area contributed by atoms with Gasteiger partial charge < -0.3 is 20.1 Å². The molecule has 2 aliphatic rings. The van der Waals surface area contributed by atoms with Crippen molar-refractivity contribution in [1.29, 1.82) is 5.26 Å². The average Bonchev–Trinajstić information content (AvgIpc) is 3.12. The van der Waals surface area contributed by atoms with Crippen LogP contribution in [0.1, 0.15) is 24.0 Å². The number of fused-ring (bicyclic) bond motifs is 1. The Hall–Kier alpha value is -4.39.